The zero-order valence-corrected chi connectivity index (χ0v) is 16.3. The molecule has 2 atom stereocenters. The molecule has 2 aromatic carbocycles. The number of nitrogens with zero attached hydrogens (tertiary/aromatic N) is 2. The first kappa shape index (κ1) is 17.3. The fourth-order valence-corrected chi connectivity index (χ4v) is 4.49. The number of benzene rings is 2. The van der Waals surface area contributed by atoms with Gasteiger partial charge in [0.15, 0.2) is 11.5 Å². The zero-order valence-electron chi connectivity index (χ0n) is 16.3. The maximum absolute atomic E-state index is 13.3. The number of carbonyl (C=O) groups excluding carboxylic acids is 1. The van der Waals surface area contributed by atoms with Gasteiger partial charge in [0.2, 0.25) is 0 Å². The summed E-state index contributed by atoms with van der Waals surface area (Å²) >= 11 is 0. The monoisotopic (exact) mass is 375 g/mol. The Morgan fingerprint density at radius 2 is 2.00 bits per heavy atom. The summed E-state index contributed by atoms with van der Waals surface area (Å²) in [4.78, 5) is 19.5. The van der Waals surface area contributed by atoms with Crippen LogP contribution in [0, 0.1) is 12.8 Å². The third kappa shape index (κ3) is 2.68. The second-order valence-electron chi connectivity index (χ2n) is 8.40. The van der Waals surface area contributed by atoms with Crippen molar-refractivity contribution >= 4 is 11.9 Å². The van der Waals surface area contributed by atoms with Crippen LogP contribution < -0.4 is 10.5 Å². The van der Waals surface area contributed by atoms with Gasteiger partial charge in [-0.2, -0.15) is 0 Å². The molecule has 1 fully saturated rings. The van der Waals surface area contributed by atoms with Crippen LogP contribution in [0.4, 0.5) is 0 Å². The van der Waals surface area contributed by atoms with E-state index >= 15 is 0 Å². The number of nitrogens with two attached hydrogens (primary N) is 1. The Labute approximate surface area is 165 Å². The molecular formula is C23H25N3O2. The third-order valence-corrected chi connectivity index (χ3v) is 6.19. The summed E-state index contributed by atoms with van der Waals surface area (Å²) in [6.07, 6.45) is 4.04. The van der Waals surface area contributed by atoms with Gasteiger partial charge in [-0.25, -0.2) is 4.99 Å². The van der Waals surface area contributed by atoms with Crippen LogP contribution in [0.1, 0.15) is 36.8 Å². The van der Waals surface area contributed by atoms with Gasteiger partial charge in [0.1, 0.15) is 11.9 Å². The number of hydrogen-bond acceptors (Lipinski definition) is 4. The topological polar surface area (TPSA) is 67.9 Å². The van der Waals surface area contributed by atoms with Crippen LogP contribution in [0.2, 0.25) is 0 Å². The molecule has 2 aliphatic heterocycles. The number of rotatable bonds is 3. The number of aryl methyl sites for hydroxylation is 1. The predicted molar refractivity (Wildman–Crippen MR) is 109 cm³/mol. The van der Waals surface area contributed by atoms with Crippen molar-refractivity contribution in [3.63, 3.8) is 0 Å². The number of hydrogen-bond donors (Lipinski definition) is 1. The van der Waals surface area contributed by atoms with Crippen molar-refractivity contribution < 1.29 is 9.53 Å². The number of likely N-dealkylation sites (N-methyl/N-ethyl adjacent to an activating group) is 1. The van der Waals surface area contributed by atoms with Crippen LogP contribution in [0.3, 0.4) is 0 Å². The van der Waals surface area contributed by atoms with Gasteiger partial charge in [-0.1, -0.05) is 48.7 Å². The second-order valence-corrected chi connectivity index (χ2v) is 8.40. The molecule has 0 bridgehead atoms. The molecule has 5 rings (SSSR count). The van der Waals surface area contributed by atoms with E-state index < -0.39 is 5.54 Å². The summed E-state index contributed by atoms with van der Waals surface area (Å²) < 4.78 is 6.32. The fourth-order valence-electron chi connectivity index (χ4n) is 4.49. The van der Waals surface area contributed by atoms with Crippen molar-refractivity contribution in [2.24, 2.45) is 16.6 Å². The first-order chi connectivity index (χ1) is 13.5. The van der Waals surface area contributed by atoms with Crippen molar-refractivity contribution in [1.82, 2.24) is 4.90 Å². The average molecular weight is 375 g/mol. The summed E-state index contributed by atoms with van der Waals surface area (Å²) in [7, 11) is 1.70. The van der Waals surface area contributed by atoms with E-state index in [0.29, 0.717) is 12.3 Å². The largest absolute Gasteiger partial charge is 0.490 e. The van der Waals surface area contributed by atoms with Crippen molar-refractivity contribution in [2.75, 3.05) is 7.05 Å². The fraction of sp³-hybridized carbons (Fsp3) is 0.391. The maximum atomic E-state index is 13.3. The molecule has 144 valence electrons. The highest BCUT2D eigenvalue weighted by Crippen LogP contribution is 2.49. The molecule has 0 saturated heterocycles. The van der Waals surface area contributed by atoms with Gasteiger partial charge >= 0.3 is 0 Å². The number of ether oxygens (including phenoxy) is 1. The van der Waals surface area contributed by atoms with Gasteiger partial charge in [0.25, 0.3) is 5.91 Å². The molecule has 1 saturated carbocycles. The summed E-state index contributed by atoms with van der Waals surface area (Å²) in [6, 6.07) is 14.5. The molecule has 0 aromatic heterocycles. The minimum Gasteiger partial charge on any atom is -0.490 e. The van der Waals surface area contributed by atoms with E-state index in [4.69, 9.17) is 15.5 Å². The van der Waals surface area contributed by atoms with E-state index in [0.717, 1.165) is 28.9 Å². The van der Waals surface area contributed by atoms with Crippen molar-refractivity contribution in [3.05, 3.63) is 53.6 Å². The van der Waals surface area contributed by atoms with Crippen LogP contribution in [-0.2, 0) is 10.3 Å². The van der Waals surface area contributed by atoms with E-state index in [9.17, 15) is 4.79 Å². The Morgan fingerprint density at radius 1 is 1.21 bits per heavy atom. The molecule has 2 aromatic rings. The van der Waals surface area contributed by atoms with E-state index in [2.05, 4.69) is 37.3 Å². The standard InChI is InChI=1S/C23H25N3O2/c1-14-4-3-5-16(10-14)17-8-9-20-19(12-17)23(21(27)26(2)22(24)25-23)13-18(28-20)11-15-6-7-15/h3-5,8-10,12,15,18H,6-7,11,13H2,1-2H3,(H2,24,25)/t18?,23-/m1/s1. The number of aliphatic imine (C=N–C) groups is 1. The van der Waals surface area contributed by atoms with Crippen LogP contribution in [0.5, 0.6) is 5.75 Å². The smallest absolute Gasteiger partial charge is 0.261 e. The number of guanidine groups is 1. The molecule has 1 unspecified atom stereocenters. The lowest BCUT2D eigenvalue weighted by molar-refractivity contribution is -0.132. The second kappa shape index (κ2) is 6.09. The van der Waals surface area contributed by atoms with E-state index in [-0.39, 0.29) is 18.0 Å². The Balaban J connectivity index is 1.63. The minimum atomic E-state index is -0.966. The Morgan fingerprint density at radius 3 is 2.68 bits per heavy atom. The Kier molecular flexibility index (Phi) is 3.76. The zero-order chi connectivity index (χ0) is 19.5. The predicted octanol–water partition coefficient (Wildman–Crippen LogP) is 3.60. The molecule has 5 heteroatoms. The number of carbonyl (C=O) groups is 1. The number of fused-ring (bicyclic) bond motifs is 2. The average Bonchev–Trinajstić information content (AvgIpc) is 3.47. The summed E-state index contributed by atoms with van der Waals surface area (Å²) in [5, 5.41) is 0. The molecule has 1 aliphatic carbocycles. The van der Waals surface area contributed by atoms with Gasteiger partial charge < -0.3 is 10.5 Å². The first-order valence-electron chi connectivity index (χ1n) is 9.98. The van der Waals surface area contributed by atoms with Gasteiger partial charge in [-0.15, -0.1) is 0 Å². The van der Waals surface area contributed by atoms with Crippen molar-refractivity contribution in [1.29, 1.82) is 0 Å². The quantitative estimate of drug-likeness (QED) is 0.891. The Hall–Kier alpha value is -2.82. The normalized spacial score (nSPS) is 26.2. The molecule has 1 spiro atoms. The highest BCUT2D eigenvalue weighted by Gasteiger charge is 2.53. The van der Waals surface area contributed by atoms with Gasteiger partial charge in [-0.05, 0) is 42.5 Å². The van der Waals surface area contributed by atoms with E-state index in [1.54, 1.807) is 7.05 Å². The van der Waals surface area contributed by atoms with Gasteiger partial charge in [0.05, 0.1) is 0 Å². The van der Waals surface area contributed by atoms with Crippen molar-refractivity contribution in [3.8, 4) is 16.9 Å². The lowest BCUT2D eigenvalue weighted by Gasteiger charge is -2.37. The first-order valence-corrected chi connectivity index (χ1v) is 9.98. The molecule has 5 nitrogen and oxygen atoms in total. The van der Waals surface area contributed by atoms with Crippen molar-refractivity contribution in [2.45, 2.75) is 44.2 Å². The molecule has 3 aliphatic rings. The Bertz CT molecular complexity index is 995. The maximum Gasteiger partial charge on any atom is 0.261 e. The molecule has 1 amide bonds. The minimum absolute atomic E-state index is 0.00294. The highest BCUT2D eigenvalue weighted by atomic mass is 16.5. The molecule has 0 radical (unpaired) electrons. The molecule has 2 N–H and O–H groups in total. The van der Waals surface area contributed by atoms with E-state index in [1.165, 1.54) is 23.3 Å². The van der Waals surface area contributed by atoms with Gasteiger partial charge in [0, 0.05) is 19.0 Å². The third-order valence-electron chi connectivity index (χ3n) is 6.19. The lowest BCUT2D eigenvalue weighted by atomic mass is 9.79. The van der Waals surface area contributed by atoms with Gasteiger partial charge in [-0.3, -0.25) is 9.69 Å². The molecule has 28 heavy (non-hydrogen) atoms. The lowest BCUT2D eigenvalue weighted by Crippen LogP contribution is -2.45. The SMILES string of the molecule is Cc1cccc(-c2ccc3c(c2)[C@@]2(CC(CC4CC4)O3)N=C(N)N(C)C2=O)c1. The van der Waals surface area contributed by atoms with Crippen LogP contribution in [-0.4, -0.2) is 29.9 Å². The summed E-state index contributed by atoms with van der Waals surface area (Å²) in [5.74, 6) is 1.69. The number of amides is 1. The van der Waals surface area contributed by atoms with Crippen LogP contribution >= 0.6 is 0 Å². The summed E-state index contributed by atoms with van der Waals surface area (Å²) in [6.45, 7) is 2.08. The highest BCUT2D eigenvalue weighted by molar-refractivity contribution is 6.07. The van der Waals surface area contributed by atoms with E-state index in [1.807, 2.05) is 12.1 Å². The van der Waals surface area contributed by atoms with Crippen LogP contribution in [0.25, 0.3) is 11.1 Å². The van der Waals surface area contributed by atoms with Crippen LogP contribution in [0.15, 0.2) is 47.5 Å². The summed E-state index contributed by atoms with van der Waals surface area (Å²) in [5.41, 5.74) is 9.31. The molecular weight excluding hydrogens is 350 g/mol. The molecule has 2 heterocycles.